The van der Waals surface area contributed by atoms with Gasteiger partial charge in [0.25, 0.3) is 0 Å². The van der Waals surface area contributed by atoms with Gasteiger partial charge in [0.05, 0.1) is 20.8 Å². The van der Waals surface area contributed by atoms with Crippen molar-refractivity contribution < 1.29 is 14.3 Å². The van der Waals surface area contributed by atoms with Crippen molar-refractivity contribution in [3.63, 3.8) is 0 Å². The molecule has 5 nitrogen and oxygen atoms in total. The van der Waals surface area contributed by atoms with Crippen LogP contribution in [-0.4, -0.2) is 44.7 Å². The van der Waals surface area contributed by atoms with Crippen molar-refractivity contribution in [1.29, 1.82) is 0 Å². The molecule has 1 aliphatic rings. The molecule has 0 saturated heterocycles. The molecule has 0 heterocycles. The smallest absolute Gasteiger partial charge is 0.241 e. The van der Waals surface area contributed by atoms with Crippen LogP contribution in [0.15, 0.2) is 18.2 Å². The van der Waals surface area contributed by atoms with Crippen LogP contribution in [0.25, 0.3) is 0 Å². The van der Waals surface area contributed by atoms with Gasteiger partial charge in [-0.2, -0.15) is 0 Å². The van der Waals surface area contributed by atoms with Crippen LogP contribution in [0.5, 0.6) is 11.5 Å². The van der Waals surface area contributed by atoms with Crippen molar-refractivity contribution in [2.45, 2.75) is 18.9 Å². The molecule has 1 fully saturated rings. The first kappa shape index (κ1) is 13.5. The Hall–Kier alpha value is -1.91. The van der Waals surface area contributed by atoms with Gasteiger partial charge in [0.1, 0.15) is 0 Å². The number of methoxy groups -OCH3 is 2. The Bertz CT molecular complexity index is 458. The topological polar surface area (TPSA) is 50.8 Å². The summed E-state index contributed by atoms with van der Waals surface area (Å²) in [5, 5.41) is 3.11. The Kier molecular flexibility index (Phi) is 4.14. The molecule has 1 aliphatic carbocycles. The number of amides is 1. The number of ether oxygens (including phenoxy) is 2. The predicted molar refractivity (Wildman–Crippen MR) is 73.8 cm³/mol. The fraction of sp³-hybridized carbons (Fsp3) is 0.500. The second-order valence-electron chi connectivity index (χ2n) is 4.66. The zero-order valence-corrected chi connectivity index (χ0v) is 11.6. The summed E-state index contributed by atoms with van der Waals surface area (Å²) in [6.07, 6.45) is 2.25. The molecule has 2 rings (SSSR count). The van der Waals surface area contributed by atoms with Crippen molar-refractivity contribution in [2.24, 2.45) is 0 Å². The quantitative estimate of drug-likeness (QED) is 0.850. The van der Waals surface area contributed by atoms with Crippen LogP contribution in [-0.2, 0) is 4.79 Å². The van der Waals surface area contributed by atoms with Crippen LogP contribution in [0.1, 0.15) is 12.8 Å². The number of nitrogens with one attached hydrogen (secondary N) is 1. The summed E-state index contributed by atoms with van der Waals surface area (Å²) >= 11 is 0. The lowest BCUT2D eigenvalue weighted by Crippen LogP contribution is -2.33. The van der Waals surface area contributed by atoms with Crippen molar-refractivity contribution in [1.82, 2.24) is 4.90 Å². The average Bonchev–Trinajstić information content (AvgIpc) is 3.28. The SMILES string of the molecule is COc1ccc(NCC(=O)N(C)C2CC2)cc1OC. The molecule has 0 aliphatic heterocycles. The van der Waals surface area contributed by atoms with Crippen molar-refractivity contribution >= 4 is 11.6 Å². The second kappa shape index (κ2) is 5.82. The van der Waals surface area contributed by atoms with Gasteiger partial charge < -0.3 is 19.7 Å². The second-order valence-corrected chi connectivity index (χ2v) is 4.66. The van der Waals surface area contributed by atoms with E-state index in [4.69, 9.17) is 9.47 Å². The molecular weight excluding hydrogens is 244 g/mol. The molecule has 0 atom stereocenters. The molecular formula is C14H20N2O3. The molecule has 0 unspecified atom stereocenters. The highest BCUT2D eigenvalue weighted by Crippen LogP contribution is 2.30. The maximum Gasteiger partial charge on any atom is 0.241 e. The number of rotatable bonds is 6. The normalized spacial score (nSPS) is 13.8. The molecule has 1 N–H and O–H groups in total. The average molecular weight is 264 g/mol. The highest BCUT2D eigenvalue weighted by atomic mass is 16.5. The number of benzene rings is 1. The molecule has 0 bridgehead atoms. The Morgan fingerprint density at radius 3 is 2.58 bits per heavy atom. The van der Waals surface area contributed by atoms with E-state index in [9.17, 15) is 4.79 Å². The largest absolute Gasteiger partial charge is 0.493 e. The molecule has 1 saturated carbocycles. The lowest BCUT2D eigenvalue weighted by atomic mass is 10.2. The maximum absolute atomic E-state index is 11.9. The van der Waals surface area contributed by atoms with Gasteiger partial charge >= 0.3 is 0 Å². The Morgan fingerprint density at radius 1 is 1.32 bits per heavy atom. The van der Waals surface area contributed by atoms with Gasteiger partial charge in [0.2, 0.25) is 5.91 Å². The number of likely N-dealkylation sites (N-methyl/N-ethyl adjacent to an activating group) is 1. The highest BCUT2D eigenvalue weighted by molar-refractivity contribution is 5.81. The number of hydrogen-bond acceptors (Lipinski definition) is 4. The summed E-state index contributed by atoms with van der Waals surface area (Å²) < 4.78 is 10.4. The Morgan fingerprint density at radius 2 is 2.00 bits per heavy atom. The monoisotopic (exact) mass is 264 g/mol. The third-order valence-corrected chi connectivity index (χ3v) is 3.32. The van der Waals surface area contributed by atoms with E-state index in [1.54, 1.807) is 14.2 Å². The number of nitrogens with zero attached hydrogens (tertiary/aromatic N) is 1. The van der Waals surface area contributed by atoms with Crippen LogP contribution < -0.4 is 14.8 Å². The Balaban J connectivity index is 1.93. The third-order valence-electron chi connectivity index (χ3n) is 3.32. The lowest BCUT2D eigenvalue weighted by molar-refractivity contribution is -0.128. The van der Waals surface area contributed by atoms with Crippen LogP contribution in [0.4, 0.5) is 5.69 Å². The zero-order valence-electron chi connectivity index (χ0n) is 11.6. The van der Waals surface area contributed by atoms with E-state index < -0.39 is 0 Å². The van der Waals surface area contributed by atoms with E-state index in [-0.39, 0.29) is 5.91 Å². The summed E-state index contributed by atoms with van der Waals surface area (Å²) in [6.45, 7) is 0.294. The molecule has 5 heteroatoms. The van der Waals surface area contributed by atoms with E-state index in [1.165, 1.54) is 0 Å². The van der Waals surface area contributed by atoms with Gasteiger partial charge in [-0.25, -0.2) is 0 Å². The van der Waals surface area contributed by atoms with Crippen LogP contribution in [0.2, 0.25) is 0 Å². The molecule has 1 aromatic carbocycles. The molecule has 19 heavy (non-hydrogen) atoms. The van der Waals surface area contributed by atoms with Gasteiger partial charge in [0, 0.05) is 24.8 Å². The molecule has 1 amide bonds. The van der Waals surface area contributed by atoms with Crippen LogP contribution in [0, 0.1) is 0 Å². The fourth-order valence-electron chi connectivity index (χ4n) is 1.91. The van der Waals surface area contributed by atoms with Gasteiger partial charge in [-0.1, -0.05) is 0 Å². The predicted octanol–water partition coefficient (Wildman–Crippen LogP) is 1.74. The molecule has 0 aromatic heterocycles. The lowest BCUT2D eigenvalue weighted by Gasteiger charge is -2.17. The van der Waals surface area contributed by atoms with Crippen LogP contribution >= 0.6 is 0 Å². The van der Waals surface area contributed by atoms with Gasteiger partial charge in [-0.15, -0.1) is 0 Å². The van der Waals surface area contributed by atoms with E-state index in [0.717, 1.165) is 18.5 Å². The summed E-state index contributed by atoms with van der Waals surface area (Å²) in [5.74, 6) is 1.43. The zero-order chi connectivity index (χ0) is 13.8. The minimum Gasteiger partial charge on any atom is -0.493 e. The summed E-state index contributed by atoms with van der Waals surface area (Å²) in [6, 6.07) is 5.95. The van der Waals surface area contributed by atoms with E-state index in [2.05, 4.69) is 5.32 Å². The van der Waals surface area contributed by atoms with Crippen LogP contribution in [0.3, 0.4) is 0 Å². The molecule has 0 spiro atoms. The summed E-state index contributed by atoms with van der Waals surface area (Å²) in [5.41, 5.74) is 0.843. The number of carbonyl (C=O) groups is 1. The minimum absolute atomic E-state index is 0.109. The fourth-order valence-corrected chi connectivity index (χ4v) is 1.91. The standard InChI is InChI=1S/C14H20N2O3/c1-16(11-5-6-11)14(17)9-15-10-4-7-12(18-2)13(8-10)19-3/h4,7-8,11,15H,5-6,9H2,1-3H3. The van der Waals surface area contributed by atoms with Gasteiger partial charge in [0.15, 0.2) is 11.5 Å². The number of hydrogen-bond donors (Lipinski definition) is 1. The first-order chi connectivity index (χ1) is 9.15. The highest BCUT2D eigenvalue weighted by Gasteiger charge is 2.29. The summed E-state index contributed by atoms with van der Waals surface area (Å²) in [4.78, 5) is 13.7. The van der Waals surface area contributed by atoms with Crippen molar-refractivity contribution in [2.75, 3.05) is 33.1 Å². The first-order valence-corrected chi connectivity index (χ1v) is 6.37. The molecule has 1 aromatic rings. The van der Waals surface area contributed by atoms with Gasteiger partial charge in [-0.3, -0.25) is 4.79 Å². The van der Waals surface area contributed by atoms with E-state index in [0.29, 0.717) is 24.1 Å². The molecule has 104 valence electrons. The minimum atomic E-state index is 0.109. The third kappa shape index (κ3) is 3.30. The number of carbonyl (C=O) groups excluding carboxylic acids is 1. The van der Waals surface area contributed by atoms with E-state index in [1.807, 2.05) is 30.1 Å². The summed E-state index contributed by atoms with van der Waals surface area (Å²) in [7, 11) is 5.04. The van der Waals surface area contributed by atoms with E-state index >= 15 is 0 Å². The van der Waals surface area contributed by atoms with Gasteiger partial charge in [-0.05, 0) is 25.0 Å². The maximum atomic E-state index is 11.9. The van der Waals surface area contributed by atoms with Crippen molar-refractivity contribution in [3.8, 4) is 11.5 Å². The van der Waals surface area contributed by atoms with Crippen molar-refractivity contribution in [3.05, 3.63) is 18.2 Å². The molecule has 0 radical (unpaired) electrons. The number of anilines is 1. The Labute approximate surface area is 113 Å². The first-order valence-electron chi connectivity index (χ1n) is 6.37.